The third-order valence-corrected chi connectivity index (χ3v) is 7.07. The first-order valence-corrected chi connectivity index (χ1v) is 11.8. The zero-order valence-electron chi connectivity index (χ0n) is 19.0. The van der Waals surface area contributed by atoms with Crippen molar-refractivity contribution in [1.82, 2.24) is 4.98 Å². The predicted molar refractivity (Wildman–Crippen MR) is 131 cm³/mol. The van der Waals surface area contributed by atoms with E-state index in [0.717, 1.165) is 5.56 Å². The van der Waals surface area contributed by atoms with Crippen LogP contribution in [0, 0.1) is 20.8 Å². The lowest BCUT2D eigenvalue weighted by atomic mass is 9.94. The number of carbonyl (C=O) groups excluding carboxylic acids is 2. The molecule has 0 saturated carbocycles. The molecule has 4 rings (SSSR count). The second kappa shape index (κ2) is 9.12. The van der Waals surface area contributed by atoms with Gasteiger partial charge in [0.25, 0.3) is 5.91 Å². The number of amides is 1. The van der Waals surface area contributed by atoms with Gasteiger partial charge in [-0.15, -0.1) is 11.3 Å². The van der Waals surface area contributed by atoms with E-state index in [1.165, 1.54) is 22.3 Å². The molecule has 2 heterocycles. The fourth-order valence-corrected chi connectivity index (χ4v) is 5.04. The van der Waals surface area contributed by atoms with Crippen molar-refractivity contribution in [3.63, 3.8) is 0 Å². The van der Waals surface area contributed by atoms with Crippen LogP contribution in [0.1, 0.15) is 44.5 Å². The Kier molecular flexibility index (Phi) is 6.38. The number of Topliss-reactive ketones (excluding diaryl/α,β-unsaturated/α-hetero) is 1. The van der Waals surface area contributed by atoms with Gasteiger partial charge >= 0.3 is 0 Å². The number of hydrogen-bond donors (Lipinski definition) is 2. The average Bonchev–Trinajstić information content (AvgIpc) is 3.27. The minimum Gasteiger partial charge on any atom is -0.504 e. The van der Waals surface area contributed by atoms with E-state index in [1.54, 1.807) is 51.1 Å². The molecule has 9 heteroatoms. The van der Waals surface area contributed by atoms with Gasteiger partial charge < -0.3 is 14.9 Å². The van der Waals surface area contributed by atoms with Crippen molar-refractivity contribution in [3.8, 4) is 11.5 Å². The minimum atomic E-state index is -0.972. The molecule has 1 atom stereocenters. The number of nitrogens with zero attached hydrogens (tertiary/aromatic N) is 2. The molecule has 7 nitrogen and oxygen atoms in total. The molecule has 2 aromatic carbocycles. The number of hydrogen-bond acceptors (Lipinski definition) is 7. The van der Waals surface area contributed by atoms with Gasteiger partial charge in [0.1, 0.15) is 0 Å². The molecule has 3 aromatic rings. The zero-order chi connectivity index (χ0) is 24.7. The maximum Gasteiger partial charge on any atom is 0.294 e. The van der Waals surface area contributed by atoms with Crippen molar-refractivity contribution < 1.29 is 24.5 Å². The number of aliphatic hydroxyl groups is 1. The van der Waals surface area contributed by atoms with Gasteiger partial charge in [0.05, 0.1) is 33.8 Å². The Labute approximate surface area is 205 Å². The number of phenols is 1. The maximum absolute atomic E-state index is 13.7. The summed E-state index contributed by atoms with van der Waals surface area (Å²) in [6.07, 6.45) is 0. The van der Waals surface area contributed by atoms with Gasteiger partial charge in [-0.25, -0.2) is 4.98 Å². The van der Waals surface area contributed by atoms with E-state index in [4.69, 9.17) is 16.3 Å². The standard InChI is InChI=1S/C25H23ClN2O5S/c1-5-33-19-10-15(7-9-18(19)29)21-20(22(30)24-13(3)27-14(4)34-24)23(31)25(32)28(21)16-8-6-12(2)17(26)11-16/h6-11,21,29,31H,5H2,1-4H3. The Morgan fingerprint density at radius 2 is 1.91 bits per heavy atom. The van der Waals surface area contributed by atoms with Crippen LogP contribution in [0.2, 0.25) is 5.02 Å². The van der Waals surface area contributed by atoms with Crippen molar-refractivity contribution in [2.45, 2.75) is 33.7 Å². The highest BCUT2D eigenvalue weighted by Gasteiger charge is 2.45. The largest absolute Gasteiger partial charge is 0.504 e. The fourth-order valence-electron chi connectivity index (χ4n) is 3.99. The maximum atomic E-state index is 13.7. The number of phenolic OH excluding ortho intramolecular Hbond substituents is 1. The SMILES string of the molecule is CCOc1cc(C2C(C(=O)c3sc(C)nc3C)=C(O)C(=O)N2c2ccc(C)c(Cl)c2)ccc1O. The van der Waals surface area contributed by atoms with E-state index < -0.39 is 23.5 Å². The number of thiazole rings is 1. The molecule has 34 heavy (non-hydrogen) atoms. The Morgan fingerprint density at radius 1 is 1.18 bits per heavy atom. The van der Waals surface area contributed by atoms with Crippen LogP contribution in [0.5, 0.6) is 11.5 Å². The highest BCUT2D eigenvalue weighted by atomic mass is 35.5. The molecular weight excluding hydrogens is 476 g/mol. The number of aromatic hydroxyl groups is 1. The first-order chi connectivity index (χ1) is 16.1. The molecule has 2 N–H and O–H groups in total. The number of aromatic nitrogens is 1. The molecule has 0 bridgehead atoms. The van der Waals surface area contributed by atoms with Crippen LogP contribution >= 0.6 is 22.9 Å². The van der Waals surface area contributed by atoms with Gasteiger partial charge in [-0.1, -0.05) is 23.7 Å². The molecule has 1 amide bonds. The second-order valence-corrected chi connectivity index (χ2v) is 9.52. The normalized spacial score (nSPS) is 15.9. The van der Waals surface area contributed by atoms with Crippen molar-refractivity contribution >= 4 is 40.3 Å². The van der Waals surface area contributed by atoms with Crippen LogP contribution in [0.4, 0.5) is 5.69 Å². The van der Waals surface area contributed by atoms with E-state index in [1.807, 2.05) is 6.92 Å². The van der Waals surface area contributed by atoms with Gasteiger partial charge in [-0.3, -0.25) is 14.5 Å². The number of benzene rings is 2. The number of aliphatic hydroxyl groups excluding tert-OH is 1. The minimum absolute atomic E-state index is 0.0680. The molecule has 0 spiro atoms. The summed E-state index contributed by atoms with van der Waals surface area (Å²) in [5, 5.41) is 22.3. The average molecular weight is 499 g/mol. The number of rotatable bonds is 6. The molecule has 1 unspecified atom stereocenters. The topological polar surface area (TPSA) is 100.0 Å². The van der Waals surface area contributed by atoms with Crippen molar-refractivity contribution in [3.05, 3.63) is 79.5 Å². The number of aryl methyl sites for hydroxylation is 3. The summed E-state index contributed by atoms with van der Waals surface area (Å²) in [5.41, 5.74) is 2.18. The number of ketones is 1. The lowest BCUT2D eigenvalue weighted by Gasteiger charge is -2.27. The molecule has 0 radical (unpaired) electrons. The quantitative estimate of drug-likeness (QED) is 0.428. The summed E-state index contributed by atoms with van der Waals surface area (Å²) in [6.45, 7) is 7.43. The van der Waals surface area contributed by atoms with Gasteiger partial charge in [-0.2, -0.15) is 0 Å². The monoisotopic (exact) mass is 498 g/mol. The van der Waals surface area contributed by atoms with Gasteiger partial charge in [-0.05, 0) is 63.1 Å². The Balaban J connectivity index is 1.93. The summed E-state index contributed by atoms with van der Waals surface area (Å²) in [4.78, 5) is 33.0. The zero-order valence-corrected chi connectivity index (χ0v) is 20.6. The number of ether oxygens (including phenoxy) is 1. The first kappa shape index (κ1) is 23.8. The first-order valence-electron chi connectivity index (χ1n) is 10.6. The van der Waals surface area contributed by atoms with Gasteiger partial charge in [0.15, 0.2) is 17.3 Å². The van der Waals surface area contributed by atoms with Crippen LogP contribution in [-0.4, -0.2) is 33.5 Å². The molecular formula is C25H23ClN2O5S. The highest BCUT2D eigenvalue weighted by Crippen LogP contribution is 2.45. The number of halogens is 1. The Hall–Kier alpha value is -3.36. The van der Waals surface area contributed by atoms with Crippen LogP contribution in [0.25, 0.3) is 0 Å². The fraction of sp³-hybridized carbons (Fsp3) is 0.240. The third kappa shape index (κ3) is 4.03. The molecule has 0 aliphatic carbocycles. The Morgan fingerprint density at radius 3 is 2.53 bits per heavy atom. The summed E-state index contributed by atoms with van der Waals surface area (Å²) in [6, 6.07) is 8.71. The molecule has 176 valence electrons. The molecule has 0 fully saturated rings. The van der Waals surface area contributed by atoms with Crippen LogP contribution in [0.15, 0.2) is 47.7 Å². The summed E-state index contributed by atoms with van der Waals surface area (Å²) in [5.74, 6) is -1.71. The summed E-state index contributed by atoms with van der Waals surface area (Å²) in [7, 11) is 0. The predicted octanol–water partition coefficient (Wildman–Crippen LogP) is 5.61. The van der Waals surface area contributed by atoms with E-state index in [-0.39, 0.29) is 17.1 Å². The molecule has 1 aromatic heterocycles. The molecule has 1 aliphatic heterocycles. The van der Waals surface area contributed by atoms with Crippen molar-refractivity contribution in [1.29, 1.82) is 0 Å². The van der Waals surface area contributed by atoms with Crippen LogP contribution in [0.3, 0.4) is 0 Å². The lowest BCUT2D eigenvalue weighted by molar-refractivity contribution is -0.117. The number of anilines is 1. The van der Waals surface area contributed by atoms with E-state index in [2.05, 4.69) is 4.98 Å². The smallest absolute Gasteiger partial charge is 0.294 e. The number of carbonyl (C=O) groups is 2. The van der Waals surface area contributed by atoms with Gasteiger partial charge in [0.2, 0.25) is 5.78 Å². The molecule has 1 aliphatic rings. The Bertz CT molecular complexity index is 1350. The van der Waals surface area contributed by atoms with E-state index >= 15 is 0 Å². The molecule has 0 saturated heterocycles. The van der Waals surface area contributed by atoms with Crippen LogP contribution < -0.4 is 9.64 Å². The van der Waals surface area contributed by atoms with E-state index in [0.29, 0.717) is 38.5 Å². The summed E-state index contributed by atoms with van der Waals surface area (Å²) >= 11 is 7.54. The van der Waals surface area contributed by atoms with Crippen molar-refractivity contribution in [2.24, 2.45) is 0 Å². The van der Waals surface area contributed by atoms with Crippen LogP contribution in [-0.2, 0) is 4.79 Å². The lowest BCUT2D eigenvalue weighted by Crippen LogP contribution is -2.31. The third-order valence-electron chi connectivity index (χ3n) is 5.60. The van der Waals surface area contributed by atoms with E-state index in [9.17, 15) is 19.8 Å². The second-order valence-electron chi connectivity index (χ2n) is 7.91. The van der Waals surface area contributed by atoms with Crippen molar-refractivity contribution in [2.75, 3.05) is 11.5 Å². The highest BCUT2D eigenvalue weighted by molar-refractivity contribution is 7.14. The summed E-state index contributed by atoms with van der Waals surface area (Å²) < 4.78 is 5.52. The van der Waals surface area contributed by atoms with Gasteiger partial charge in [0, 0.05) is 10.7 Å².